The molecular formula is C8H12O. The molecule has 0 radical (unpaired) electrons. The Bertz CT molecular complexity index is 143. The number of hydrogen-bond donors (Lipinski definition) is 0. The first-order chi connectivity index (χ1) is 4.20. The highest BCUT2D eigenvalue weighted by atomic mass is 16.6. The Kier molecular flexibility index (Phi) is 1.72. The van der Waals surface area contributed by atoms with Crippen molar-refractivity contribution in [2.24, 2.45) is 0 Å². The summed E-state index contributed by atoms with van der Waals surface area (Å²) in [6, 6.07) is 0. The van der Waals surface area contributed by atoms with Gasteiger partial charge >= 0.3 is 0 Å². The summed E-state index contributed by atoms with van der Waals surface area (Å²) in [5.41, 5.74) is 2.20. The lowest BCUT2D eigenvalue weighted by atomic mass is 10.1. The molecule has 0 amide bonds. The second-order valence-corrected chi connectivity index (χ2v) is 2.54. The molecule has 1 heteroatoms. The van der Waals surface area contributed by atoms with Crippen LogP contribution < -0.4 is 0 Å². The predicted molar refractivity (Wildman–Crippen MR) is 38.3 cm³/mol. The first-order valence-electron chi connectivity index (χ1n) is 3.15. The number of allylic oxidation sites excluding steroid dienone is 1. The van der Waals surface area contributed by atoms with Crippen LogP contribution >= 0.6 is 0 Å². The summed E-state index contributed by atoms with van der Waals surface area (Å²) in [7, 11) is 0. The van der Waals surface area contributed by atoms with E-state index in [1.165, 1.54) is 0 Å². The Balaban J connectivity index is 2.25. The molecule has 1 atom stereocenters. The molecule has 1 unspecified atom stereocenters. The summed E-state index contributed by atoms with van der Waals surface area (Å²) in [5.74, 6) is 0. The second-order valence-electron chi connectivity index (χ2n) is 2.54. The molecule has 1 nitrogen and oxygen atoms in total. The van der Waals surface area contributed by atoms with Crippen molar-refractivity contribution in [3.63, 3.8) is 0 Å². The first-order valence-corrected chi connectivity index (χ1v) is 3.15. The van der Waals surface area contributed by atoms with Crippen LogP contribution in [-0.4, -0.2) is 12.7 Å². The van der Waals surface area contributed by atoms with E-state index in [4.69, 9.17) is 4.74 Å². The Morgan fingerprint density at radius 3 is 2.56 bits per heavy atom. The normalized spacial score (nSPS) is 23.4. The van der Waals surface area contributed by atoms with E-state index in [2.05, 4.69) is 13.2 Å². The van der Waals surface area contributed by atoms with Crippen molar-refractivity contribution >= 4 is 0 Å². The average molecular weight is 124 g/mol. The molecule has 1 rings (SSSR count). The van der Waals surface area contributed by atoms with Crippen LogP contribution in [0.1, 0.15) is 13.3 Å². The highest BCUT2D eigenvalue weighted by Crippen LogP contribution is 2.21. The lowest BCUT2D eigenvalue weighted by Gasteiger charge is -1.98. The van der Waals surface area contributed by atoms with Gasteiger partial charge in [-0.05, 0) is 6.92 Å². The van der Waals surface area contributed by atoms with Crippen LogP contribution in [0.2, 0.25) is 0 Å². The largest absolute Gasteiger partial charge is 0.373 e. The molecule has 1 fully saturated rings. The zero-order valence-corrected chi connectivity index (χ0v) is 5.81. The van der Waals surface area contributed by atoms with E-state index in [1.807, 2.05) is 6.92 Å². The molecule has 1 aliphatic heterocycles. The summed E-state index contributed by atoms with van der Waals surface area (Å²) < 4.78 is 5.03. The molecule has 0 N–H and O–H groups in total. The minimum absolute atomic E-state index is 0.453. The Morgan fingerprint density at radius 1 is 1.67 bits per heavy atom. The zero-order chi connectivity index (χ0) is 6.85. The van der Waals surface area contributed by atoms with Gasteiger partial charge in [-0.3, -0.25) is 0 Å². The highest BCUT2D eigenvalue weighted by Gasteiger charge is 2.22. The van der Waals surface area contributed by atoms with Gasteiger partial charge in [0.2, 0.25) is 0 Å². The van der Waals surface area contributed by atoms with Gasteiger partial charge in [-0.1, -0.05) is 24.3 Å². The van der Waals surface area contributed by atoms with Gasteiger partial charge in [-0.2, -0.15) is 0 Å². The van der Waals surface area contributed by atoms with Gasteiger partial charge in [0.1, 0.15) is 0 Å². The Labute approximate surface area is 56.0 Å². The topological polar surface area (TPSA) is 12.5 Å². The fourth-order valence-corrected chi connectivity index (χ4v) is 0.635. The summed E-state index contributed by atoms with van der Waals surface area (Å²) >= 11 is 0. The van der Waals surface area contributed by atoms with Crippen molar-refractivity contribution in [3.05, 3.63) is 24.3 Å². The molecule has 1 saturated heterocycles. The van der Waals surface area contributed by atoms with Crippen molar-refractivity contribution in [1.29, 1.82) is 0 Å². The van der Waals surface area contributed by atoms with Crippen LogP contribution in [0.5, 0.6) is 0 Å². The third kappa shape index (κ3) is 2.02. The summed E-state index contributed by atoms with van der Waals surface area (Å²) in [4.78, 5) is 0. The van der Waals surface area contributed by atoms with Gasteiger partial charge in [0, 0.05) is 6.42 Å². The van der Waals surface area contributed by atoms with Crippen molar-refractivity contribution in [3.8, 4) is 0 Å². The molecule has 0 aliphatic carbocycles. The molecule has 0 bridgehead atoms. The smallest absolute Gasteiger partial charge is 0.0850 e. The van der Waals surface area contributed by atoms with Gasteiger partial charge in [0.25, 0.3) is 0 Å². The molecule has 0 aromatic carbocycles. The molecule has 0 spiro atoms. The van der Waals surface area contributed by atoms with Gasteiger partial charge in [-0.25, -0.2) is 0 Å². The zero-order valence-electron chi connectivity index (χ0n) is 5.81. The summed E-state index contributed by atoms with van der Waals surface area (Å²) in [6.45, 7) is 10.5. The van der Waals surface area contributed by atoms with E-state index >= 15 is 0 Å². The average Bonchev–Trinajstić information content (AvgIpc) is 2.50. The van der Waals surface area contributed by atoms with Crippen molar-refractivity contribution in [2.75, 3.05) is 6.61 Å². The standard InChI is InChI=1S/C8H12O/c1-6(2)7(3)4-8-5-9-8/h8H,1,3-5H2,2H3. The lowest BCUT2D eigenvalue weighted by molar-refractivity contribution is 0.408. The maximum Gasteiger partial charge on any atom is 0.0850 e. The number of hydrogen-bond acceptors (Lipinski definition) is 1. The second kappa shape index (κ2) is 2.36. The quantitative estimate of drug-likeness (QED) is 0.413. The number of rotatable bonds is 3. The van der Waals surface area contributed by atoms with Crippen LogP contribution in [-0.2, 0) is 4.74 Å². The van der Waals surface area contributed by atoms with E-state index in [1.54, 1.807) is 0 Å². The fourth-order valence-electron chi connectivity index (χ4n) is 0.635. The first kappa shape index (κ1) is 6.56. The maximum atomic E-state index is 5.03. The van der Waals surface area contributed by atoms with Gasteiger partial charge < -0.3 is 4.74 Å². The van der Waals surface area contributed by atoms with Crippen molar-refractivity contribution < 1.29 is 4.74 Å². The molecule has 50 valence electrons. The summed E-state index contributed by atoms with van der Waals surface area (Å²) in [6.07, 6.45) is 1.42. The van der Waals surface area contributed by atoms with Crippen LogP contribution in [0.4, 0.5) is 0 Å². The van der Waals surface area contributed by atoms with E-state index in [9.17, 15) is 0 Å². The van der Waals surface area contributed by atoms with E-state index in [-0.39, 0.29) is 0 Å². The van der Waals surface area contributed by atoms with Crippen LogP contribution in [0.15, 0.2) is 24.3 Å². The van der Waals surface area contributed by atoms with Crippen LogP contribution in [0, 0.1) is 0 Å². The molecule has 0 aromatic rings. The maximum absolute atomic E-state index is 5.03. The van der Waals surface area contributed by atoms with Gasteiger partial charge in [-0.15, -0.1) is 0 Å². The molecule has 0 aromatic heterocycles. The molecule has 9 heavy (non-hydrogen) atoms. The number of epoxide rings is 1. The van der Waals surface area contributed by atoms with Crippen LogP contribution in [0.3, 0.4) is 0 Å². The predicted octanol–water partition coefficient (Wildman–Crippen LogP) is 1.91. The fraction of sp³-hybridized carbons (Fsp3) is 0.500. The molecule has 1 heterocycles. The van der Waals surface area contributed by atoms with E-state index in [0.717, 1.165) is 24.2 Å². The van der Waals surface area contributed by atoms with Crippen LogP contribution in [0.25, 0.3) is 0 Å². The Morgan fingerprint density at radius 2 is 2.22 bits per heavy atom. The van der Waals surface area contributed by atoms with E-state index in [0.29, 0.717) is 6.10 Å². The molecule has 1 aliphatic rings. The van der Waals surface area contributed by atoms with Crippen molar-refractivity contribution in [2.45, 2.75) is 19.4 Å². The van der Waals surface area contributed by atoms with Gasteiger partial charge in [0.05, 0.1) is 12.7 Å². The minimum atomic E-state index is 0.453. The highest BCUT2D eigenvalue weighted by molar-refractivity contribution is 5.23. The SMILES string of the molecule is C=C(C)C(=C)CC1CO1. The third-order valence-electron chi connectivity index (χ3n) is 1.48. The van der Waals surface area contributed by atoms with Crippen molar-refractivity contribution in [1.82, 2.24) is 0 Å². The molecular weight excluding hydrogens is 112 g/mol. The van der Waals surface area contributed by atoms with Gasteiger partial charge in [0.15, 0.2) is 0 Å². The lowest BCUT2D eigenvalue weighted by Crippen LogP contribution is -1.88. The monoisotopic (exact) mass is 124 g/mol. The van der Waals surface area contributed by atoms with E-state index < -0.39 is 0 Å². The minimum Gasteiger partial charge on any atom is -0.373 e. The Hall–Kier alpha value is -0.560. The number of ether oxygens (including phenoxy) is 1. The summed E-state index contributed by atoms with van der Waals surface area (Å²) in [5, 5.41) is 0. The molecule has 0 saturated carbocycles. The third-order valence-corrected chi connectivity index (χ3v) is 1.48.